The predicted octanol–water partition coefficient (Wildman–Crippen LogP) is 5.18. The van der Waals surface area contributed by atoms with Crippen LogP contribution in [0.25, 0.3) is 12.2 Å². The van der Waals surface area contributed by atoms with Gasteiger partial charge in [0.25, 0.3) is 11.8 Å². The quantitative estimate of drug-likeness (QED) is 0.330. The maximum atomic E-state index is 12.4. The molecule has 0 saturated carbocycles. The van der Waals surface area contributed by atoms with E-state index < -0.39 is 0 Å². The highest BCUT2D eigenvalue weighted by molar-refractivity contribution is 5.98. The zero-order valence-corrected chi connectivity index (χ0v) is 24.6. The monoisotopic (exact) mass is 572 g/mol. The largest absolute Gasteiger partial charge is 0.337 e. The van der Waals surface area contributed by atoms with Gasteiger partial charge >= 0.3 is 0 Å². The number of allylic oxidation sites excluding steroid dienone is 2. The smallest absolute Gasteiger partial charge is 0.275 e. The van der Waals surface area contributed by atoms with Crippen LogP contribution in [0.3, 0.4) is 0 Å². The molecule has 2 aromatic heterocycles. The molecule has 2 amide bonds. The van der Waals surface area contributed by atoms with Gasteiger partial charge in [-0.1, -0.05) is 98.8 Å². The molecule has 4 aromatic rings. The van der Waals surface area contributed by atoms with Crippen LogP contribution >= 0.6 is 0 Å². The van der Waals surface area contributed by atoms with E-state index in [-0.39, 0.29) is 22.6 Å². The number of rotatable bonds is 4. The van der Waals surface area contributed by atoms with Gasteiger partial charge in [-0.15, -0.1) is 0 Å². The molecule has 2 aromatic carbocycles. The summed E-state index contributed by atoms with van der Waals surface area (Å²) in [6, 6.07) is 20.9. The van der Waals surface area contributed by atoms with Gasteiger partial charge in [-0.2, -0.15) is 10.2 Å². The number of amides is 2. The number of nitrogens with zero attached hydrogens (tertiary/aromatic N) is 4. The van der Waals surface area contributed by atoms with E-state index >= 15 is 0 Å². The fourth-order valence-corrected chi connectivity index (χ4v) is 6.22. The standard InChI is InChI=1S/C18H19N3O.C17H17N3O/c1-18(13-6-3-2-4-7-13)9-8-14-15(12-18)19-20-16(14)17(22)21-10-5-11-21;1-17(12-5-3-2-4-6-12)8-7-13-14(11-17)18-19-15(13)16(21)20-9-10-20/h2-4,6-9H,5,10-12H2,1H3,(H,19,20);2-8H,9-11H2,1H3,(H,18,19). The molecule has 4 aliphatic rings. The summed E-state index contributed by atoms with van der Waals surface area (Å²) in [4.78, 5) is 28.2. The second-order valence-electron chi connectivity index (χ2n) is 12.5. The Labute approximate surface area is 251 Å². The summed E-state index contributed by atoms with van der Waals surface area (Å²) in [5.41, 5.74) is 7.61. The van der Waals surface area contributed by atoms with Crippen LogP contribution in [0.15, 0.2) is 72.8 Å². The van der Waals surface area contributed by atoms with Crippen molar-refractivity contribution in [2.24, 2.45) is 0 Å². The summed E-state index contributed by atoms with van der Waals surface area (Å²) >= 11 is 0. The van der Waals surface area contributed by atoms with Crippen LogP contribution < -0.4 is 0 Å². The third kappa shape index (κ3) is 5.01. The summed E-state index contributed by atoms with van der Waals surface area (Å²) in [7, 11) is 0. The Morgan fingerprint density at radius 3 is 1.44 bits per heavy atom. The van der Waals surface area contributed by atoms with E-state index in [0.717, 1.165) is 68.0 Å². The van der Waals surface area contributed by atoms with Gasteiger partial charge in [0.15, 0.2) is 11.4 Å². The minimum atomic E-state index is -0.0577. The van der Waals surface area contributed by atoms with Crippen molar-refractivity contribution in [2.45, 2.75) is 43.9 Å². The molecule has 2 fully saturated rings. The second kappa shape index (κ2) is 10.5. The second-order valence-corrected chi connectivity index (χ2v) is 12.5. The van der Waals surface area contributed by atoms with E-state index in [9.17, 15) is 9.59 Å². The molecule has 43 heavy (non-hydrogen) atoms. The van der Waals surface area contributed by atoms with Crippen LogP contribution in [0.5, 0.6) is 0 Å². The summed E-state index contributed by atoms with van der Waals surface area (Å²) in [6.07, 6.45) is 11.3. The van der Waals surface area contributed by atoms with Crippen LogP contribution in [0, 0.1) is 0 Å². The number of fused-ring (bicyclic) bond motifs is 2. The lowest BCUT2D eigenvalue weighted by Gasteiger charge is -2.31. The Balaban J connectivity index is 0.000000140. The van der Waals surface area contributed by atoms with Crippen molar-refractivity contribution in [1.82, 2.24) is 30.2 Å². The first-order chi connectivity index (χ1) is 20.8. The number of carbonyl (C=O) groups is 2. The number of benzene rings is 2. The number of likely N-dealkylation sites (tertiary alicyclic amines) is 1. The Morgan fingerprint density at radius 2 is 1.07 bits per heavy atom. The summed E-state index contributed by atoms with van der Waals surface area (Å²) < 4.78 is 0. The number of carbonyl (C=O) groups excluding carboxylic acids is 2. The fraction of sp³-hybridized carbons (Fsp3) is 0.314. The SMILES string of the molecule is CC1(c2ccccc2)C=Cc2c(C(=O)N3CC3)n[nH]c2C1.CC1(c2ccccc2)C=Cc2c(C(=O)N3CCC3)n[nH]c2C1. The lowest BCUT2D eigenvalue weighted by Crippen LogP contribution is -2.42. The van der Waals surface area contributed by atoms with Gasteiger partial charge in [-0.25, -0.2) is 0 Å². The predicted molar refractivity (Wildman–Crippen MR) is 167 cm³/mol. The average Bonchev–Trinajstić information content (AvgIpc) is 3.65. The van der Waals surface area contributed by atoms with Crippen molar-refractivity contribution < 1.29 is 9.59 Å². The molecule has 0 radical (unpaired) electrons. The van der Waals surface area contributed by atoms with Crippen molar-refractivity contribution in [2.75, 3.05) is 26.2 Å². The lowest BCUT2D eigenvalue weighted by molar-refractivity contribution is 0.0645. The zero-order chi connectivity index (χ0) is 29.6. The third-order valence-corrected chi connectivity index (χ3v) is 9.24. The first kappa shape index (κ1) is 27.1. The zero-order valence-electron chi connectivity index (χ0n) is 24.6. The van der Waals surface area contributed by atoms with Crippen molar-refractivity contribution in [3.63, 3.8) is 0 Å². The van der Waals surface area contributed by atoms with E-state index in [1.165, 1.54) is 11.1 Å². The van der Waals surface area contributed by atoms with Crippen molar-refractivity contribution in [3.05, 3.63) is 118 Å². The number of H-pyrrole nitrogens is 2. The van der Waals surface area contributed by atoms with Gasteiger partial charge in [-0.3, -0.25) is 19.8 Å². The van der Waals surface area contributed by atoms with E-state index in [2.05, 4.69) is 101 Å². The molecule has 4 heterocycles. The van der Waals surface area contributed by atoms with Crippen LogP contribution in [-0.4, -0.2) is 68.2 Å². The maximum Gasteiger partial charge on any atom is 0.275 e. The Hall–Kier alpha value is -4.72. The molecule has 2 aliphatic carbocycles. The molecule has 0 bridgehead atoms. The van der Waals surface area contributed by atoms with Crippen molar-refractivity contribution in [3.8, 4) is 0 Å². The molecular weight excluding hydrogens is 536 g/mol. The van der Waals surface area contributed by atoms with E-state index in [4.69, 9.17) is 0 Å². The van der Waals surface area contributed by atoms with Crippen LogP contribution in [-0.2, 0) is 23.7 Å². The lowest BCUT2D eigenvalue weighted by atomic mass is 9.74. The fourth-order valence-electron chi connectivity index (χ4n) is 6.22. The highest BCUT2D eigenvalue weighted by atomic mass is 16.2. The van der Waals surface area contributed by atoms with Crippen molar-refractivity contribution >= 4 is 24.0 Å². The first-order valence-corrected chi connectivity index (χ1v) is 15.1. The van der Waals surface area contributed by atoms with Crippen LogP contribution in [0.1, 0.15) is 74.9 Å². The number of hydrogen-bond donors (Lipinski definition) is 2. The number of hydrogen-bond acceptors (Lipinski definition) is 4. The van der Waals surface area contributed by atoms with Crippen LogP contribution in [0.4, 0.5) is 0 Å². The summed E-state index contributed by atoms with van der Waals surface area (Å²) in [5, 5.41) is 14.7. The molecule has 0 spiro atoms. The van der Waals surface area contributed by atoms with Gasteiger partial charge < -0.3 is 9.80 Å². The number of nitrogens with one attached hydrogen (secondary N) is 2. The van der Waals surface area contributed by atoms with Gasteiger partial charge in [0, 0.05) is 72.4 Å². The highest BCUT2D eigenvalue weighted by Gasteiger charge is 2.35. The Kier molecular flexibility index (Phi) is 6.64. The molecule has 2 unspecified atom stereocenters. The molecule has 2 atom stereocenters. The average molecular weight is 573 g/mol. The van der Waals surface area contributed by atoms with Crippen LogP contribution in [0.2, 0.25) is 0 Å². The molecule has 2 saturated heterocycles. The minimum absolute atomic E-state index is 0.0421. The molecular formula is C35H36N6O2. The molecule has 2 N–H and O–H groups in total. The molecule has 8 heteroatoms. The molecule has 8 nitrogen and oxygen atoms in total. The van der Waals surface area contributed by atoms with Gasteiger partial charge in [0.1, 0.15) is 0 Å². The minimum Gasteiger partial charge on any atom is -0.337 e. The number of aromatic amines is 2. The maximum absolute atomic E-state index is 12.4. The summed E-state index contributed by atoms with van der Waals surface area (Å²) in [5.74, 6) is 0.0946. The van der Waals surface area contributed by atoms with Gasteiger partial charge in [-0.05, 0) is 17.5 Å². The molecule has 218 valence electrons. The Bertz CT molecular complexity index is 1730. The van der Waals surface area contributed by atoms with E-state index in [1.807, 2.05) is 23.1 Å². The van der Waals surface area contributed by atoms with Gasteiger partial charge in [0.05, 0.1) is 0 Å². The molecule has 2 aliphatic heterocycles. The number of aromatic nitrogens is 4. The normalized spacial score (nSPS) is 23.0. The van der Waals surface area contributed by atoms with E-state index in [1.54, 1.807) is 4.90 Å². The van der Waals surface area contributed by atoms with Gasteiger partial charge in [0.2, 0.25) is 0 Å². The first-order valence-electron chi connectivity index (χ1n) is 15.1. The Morgan fingerprint density at radius 1 is 0.651 bits per heavy atom. The van der Waals surface area contributed by atoms with Crippen molar-refractivity contribution in [1.29, 1.82) is 0 Å². The molecule has 8 rings (SSSR count). The topological polar surface area (TPSA) is 97.8 Å². The highest BCUT2D eigenvalue weighted by Crippen LogP contribution is 2.37. The summed E-state index contributed by atoms with van der Waals surface area (Å²) in [6.45, 7) is 7.85. The van der Waals surface area contributed by atoms with E-state index in [0.29, 0.717) is 11.4 Å². The third-order valence-electron chi connectivity index (χ3n) is 9.24.